The highest BCUT2D eigenvalue weighted by atomic mass is 79.9. The van der Waals surface area contributed by atoms with E-state index in [2.05, 4.69) is 71.9 Å². The van der Waals surface area contributed by atoms with Gasteiger partial charge in [-0.05, 0) is 73.9 Å². The van der Waals surface area contributed by atoms with Gasteiger partial charge >= 0.3 is 0 Å². The highest BCUT2D eigenvalue weighted by Gasteiger charge is 2.25. The van der Waals surface area contributed by atoms with Gasteiger partial charge in [0.15, 0.2) is 0 Å². The molecule has 1 saturated heterocycles. The first-order chi connectivity index (χ1) is 16.4. The lowest BCUT2D eigenvalue weighted by Crippen LogP contribution is -2.49. The molecule has 2 aromatic carbocycles. The molecule has 0 spiro atoms. The van der Waals surface area contributed by atoms with Crippen LogP contribution in [0.5, 0.6) is 0 Å². The summed E-state index contributed by atoms with van der Waals surface area (Å²) in [6.45, 7) is 9.57. The third kappa shape index (κ3) is 4.37. The molecule has 1 amide bonds. The minimum Gasteiger partial charge on any atom is -0.368 e. The van der Waals surface area contributed by atoms with Crippen molar-refractivity contribution in [3.63, 3.8) is 0 Å². The first-order valence-electron chi connectivity index (χ1n) is 11.7. The number of aromatic nitrogens is 1. The fourth-order valence-electron chi connectivity index (χ4n) is 4.61. The van der Waals surface area contributed by atoms with Gasteiger partial charge in [0, 0.05) is 46.6 Å². The molecule has 4 aromatic rings. The minimum atomic E-state index is 0.0830. The van der Waals surface area contributed by atoms with E-state index >= 15 is 0 Å². The molecule has 0 radical (unpaired) electrons. The molecular formula is C28H28BrN3OS. The standard InChI is InChI=1S/C28H28BrN3OS/c1-4-21-9-11-27(34-21)25-17-23(22-16-20(29)8-10-24(22)30-25)28(33)32-14-12-31(13-15-32)26-7-5-6-18(2)19(26)3/h5-11,16-17H,4,12-15H2,1-3H3. The van der Waals surface area contributed by atoms with Crippen LogP contribution in [0.1, 0.15) is 33.3 Å². The molecule has 0 saturated carbocycles. The van der Waals surface area contributed by atoms with E-state index in [1.807, 2.05) is 29.2 Å². The normalized spacial score (nSPS) is 14.1. The van der Waals surface area contributed by atoms with Crippen LogP contribution in [0, 0.1) is 13.8 Å². The number of carbonyl (C=O) groups excluding carboxylic acids is 1. The number of hydrogen-bond donors (Lipinski definition) is 0. The molecule has 0 aliphatic carbocycles. The monoisotopic (exact) mass is 533 g/mol. The maximum Gasteiger partial charge on any atom is 0.254 e. The number of piperazine rings is 1. The van der Waals surface area contributed by atoms with Crippen LogP contribution in [0.2, 0.25) is 0 Å². The third-order valence-corrected chi connectivity index (χ3v) is 8.49. The summed E-state index contributed by atoms with van der Waals surface area (Å²) in [5.74, 6) is 0.0830. The average Bonchev–Trinajstić information content (AvgIpc) is 3.34. The van der Waals surface area contributed by atoms with Gasteiger partial charge in [0.25, 0.3) is 5.91 Å². The zero-order valence-electron chi connectivity index (χ0n) is 19.8. The summed E-state index contributed by atoms with van der Waals surface area (Å²) >= 11 is 5.33. The van der Waals surface area contributed by atoms with E-state index in [0.29, 0.717) is 13.1 Å². The highest BCUT2D eigenvalue weighted by molar-refractivity contribution is 9.10. The van der Waals surface area contributed by atoms with Crippen molar-refractivity contribution < 1.29 is 4.79 Å². The van der Waals surface area contributed by atoms with E-state index in [4.69, 9.17) is 4.98 Å². The fourth-order valence-corrected chi connectivity index (χ4v) is 5.87. The molecule has 4 nitrogen and oxygen atoms in total. The summed E-state index contributed by atoms with van der Waals surface area (Å²) in [5.41, 5.74) is 6.35. The van der Waals surface area contributed by atoms with Gasteiger partial charge in [0.2, 0.25) is 0 Å². The molecule has 2 aromatic heterocycles. The zero-order chi connectivity index (χ0) is 23.8. The van der Waals surface area contributed by atoms with Crippen molar-refractivity contribution in [1.29, 1.82) is 0 Å². The van der Waals surface area contributed by atoms with Crippen molar-refractivity contribution >= 4 is 49.8 Å². The van der Waals surface area contributed by atoms with Crippen molar-refractivity contribution in [3.8, 4) is 10.6 Å². The second kappa shape index (κ2) is 9.51. The largest absolute Gasteiger partial charge is 0.368 e. The van der Waals surface area contributed by atoms with E-state index in [-0.39, 0.29) is 5.91 Å². The van der Waals surface area contributed by atoms with E-state index in [1.54, 1.807) is 11.3 Å². The molecule has 0 bridgehead atoms. The Labute approximate surface area is 213 Å². The summed E-state index contributed by atoms with van der Waals surface area (Å²) in [6.07, 6.45) is 1.00. The molecule has 5 rings (SSSR count). The van der Waals surface area contributed by atoms with Crippen LogP contribution in [0.15, 0.2) is 59.1 Å². The van der Waals surface area contributed by atoms with Crippen LogP contribution in [0.25, 0.3) is 21.5 Å². The first kappa shape index (κ1) is 23.1. The molecule has 0 unspecified atom stereocenters. The van der Waals surface area contributed by atoms with E-state index in [1.165, 1.54) is 21.7 Å². The predicted molar refractivity (Wildman–Crippen MR) is 146 cm³/mol. The van der Waals surface area contributed by atoms with Crippen LogP contribution in [0.3, 0.4) is 0 Å². The maximum atomic E-state index is 13.8. The van der Waals surface area contributed by atoms with Crippen molar-refractivity contribution in [3.05, 3.63) is 80.6 Å². The topological polar surface area (TPSA) is 36.4 Å². The van der Waals surface area contributed by atoms with E-state index in [9.17, 15) is 4.79 Å². The summed E-state index contributed by atoms with van der Waals surface area (Å²) in [6, 6.07) is 18.7. The van der Waals surface area contributed by atoms with Gasteiger partial charge in [-0.2, -0.15) is 0 Å². The number of fused-ring (bicyclic) bond motifs is 1. The lowest BCUT2D eigenvalue weighted by molar-refractivity contribution is 0.0748. The van der Waals surface area contributed by atoms with Gasteiger partial charge in [0.1, 0.15) is 0 Å². The van der Waals surface area contributed by atoms with Gasteiger partial charge in [-0.15, -0.1) is 11.3 Å². The number of aryl methyl sites for hydroxylation is 2. The number of benzene rings is 2. The zero-order valence-corrected chi connectivity index (χ0v) is 22.2. The lowest BCUT2D eigenvalue weighted by atomic mass is 10.0. The molecule has 0 N–H and O–H groups in total. The molecular weight excluding hydrogens is 506 g/mol. The molecule has 34 heavy (non-hydrogen) atoms. The van der Waals surface area contributed by atoms with Crippen LogP contribution in [-0.2, 0) is 6.42 Å². The summed E-state index contributed by atoms with van der Waals surface area (Å²) < 4.78 is 0.952. The van der Waals surface area contributed by atoms with Gasteiger partial charge in [-0.3, -0.25) is 4.79 Å². The molecule has 6 heteroatoms. The number of amides is 1. The second-order valence-electron chi connectivity index (χ2n) is 8.83. The number of thiophene rings is 1. The third-order valence-electron chi connectivity index (χ3n) is 6.75. The Bertz CT molecular complexity index is 1370. The first-order valence-corrected chi connectivity index (χ1v) is 13.4. The molecule has 3 heterocycles. The van der Waals surface area contributed by atoms with Crippen molar-refractivity contribution in [2.75, 3.05) is 31.1 Å². The van der Waals surface area contributed by atoms with Crippen molar-refractivity contribution in [2.45, 2.75) is 27.2 Å². The second-order valence-corrected chi connectivity index (χ2v) is 10.9. The summed E-state index contributed by atoms with van der Waals surface area (Å²) in [4.78, 5) is 25.5. The Hall–Kier alpha value is -2.70. The van der Waals surface area contributed by atoms with Crippen molar-refractivity contribution in [1.82, 2.24) is 9.88 Å². The number of anilines is 1. The van der Waals surface area contributed by atoms with Gasteiger partial charge in [-0.1, -0.05) is 35.0 Å². The Morgan fingerprint density at radius 1 is 1.03 bits per heavy atom. The highest BCUT2D eigenvalue weighted by Crippen LogP contribution is 2.32. The lowest BCUT2D eigenvalue weighted by Gasteiger charge is -2.37. The van der Waals surface area contributed by atoms with Crippen LogP contribution in [-0.4, -0.2) is 42.0 Å². The Morgan fingerprint density at radius 3 is 2.56 bits per heavy atom. The Kier molecular flexibility index (Phi) is 6.45. The maximum absolute atomic E-state index is 13.8. The number of pyridine rings is 1. The fraction of sp³-hybridized carbons (Fsp3) is 0.286. The summed E-state index contributed by atoms with van der Waals surface area (Å²) in [7, 11) is 0. The molecule has 1 aliphatic rings. The van der Waals surface area contributed by atoms with Crippen LogP contribution < -0.4 is 4.90 Å². The summed E-state index contributed by atoms with van der Waals surface area (Å²) in [5, 5.41) is 0.896. The van der Waals surface area contributed by atoms with Crippen molar-refractivity contribution in [2.24, 2.45) is 0 Å². The number of hydrogen-bond acceptors (Lipinski definition) is 4. The van der Waals surface area contributed by atoms with Gasteiger partial charge < -0.3 is 9.80 Å². The quantitative estimate of drug-likeness (QED) is 0.287. The Morgan fingerprint density at radius 2 is 1.82 bits per heavy atom. The number of rotatable bonds is 4. The molecule has 0 atom stereocenters. The molecule has 1 fully saturated rings. The predicted octanol–water partition coefficient (Wildman–Crippen LogP) is 6.87. The van der Waals surface area contributed by atoms with Crippen LogP contribution >= 0.6 is 27.3 Å². The number of halogens is 1. The average molecular weight is 535 g/mol. The van der Waals surface area contributed by atoms with Gasteiger partial charge in [0.05, 0.1) is 21.7 Å². The molecule has 174 valence electrons. The van der Waals surface area contributed by atoms with Gasteiger partial charge in [-0.25, -0.2) is 4.98 Å². The SMILES string of the molecule is CCc1ccc(-c2cc(C(=O)N3CCN(c4cccc(C)c4C)CC3)c3cc(Br)ccc3n2)s1. The smallest absolute Gasteiger partial charge is 0.254 e. The Balaban J connectivity index is 1.45. The van der Waals surface area contributed by atoms with E-state index < -0.39 is 0 Å². The minimum absolute atomic E-state index is 0.0830. The van der Waals surface area contributed by atoms with Crippen LogP contribution in [0.4, 0.5) is 5.69 Å². The number of nitrogens with zero attached hydrogens (tertiary/aromatic N) is 3. The molecule has 1 aliphatic heterocycles. The van der Waals surface area contributed by atoms with E-state index in [0.717, 1.165) is 51.0 Å². The number of carbonyl (C=O) groups is 1.